The van der Waals surface area contributed by atoms with E-state index in [0.29, 0.717) is 0 Å². The Kier molecular flexibility index (Phi) is 5.75. The van der Waals surface area contributed by atoms with Crippen LogP contribution in [0.4, 0.5) is 0 Å². The molecule has 1 aliphatic heterocycles. The maximum Gasteiger partial charge on any atom is 0.328 e. The fraction of sp³-hybridized carbons (Fsp3) is 0.600. The number of hydrogen-bond acceptors (Lipinski definition) is 6. The summed E-state index contributed by atoms with van der Waals surface area (Å²) >= 11 is 5.62. The number of aromatic nitrogens is 2. The maximum absolute atomic E-state index is 11.5. The fourth-order valence-corrected chi connectivity index (χ4v) is 2.04. The minimum Gasteiger partial charge on any atom is -0.389 e. The van der Waals surface area contributed by atoms with Gasteiger partial charge in [-0.25, -0.2) is 4.79 Å². The highest BCUT2D eigenvalue weighted by Crippen LogP contribution is 2.15. The minimum absolute atomic E-state index is 0. The van der Waals surface area contributed by atoms with Crippen molar-refractivity contribution in [3.63, 3.8) is 0 Å². The van der Waals surface area contributed by atoms with Gasteiger partial charge in [0.15, 0.2) is 0 Å². The highest BCUT2D eigenvalue weighted by molar-refractivity contribution is 6.30. The lowest BCUT2D eigenvalue weighted by molar-refractivity contribution is -0.148. The smallest absolute Gasteiger partial charge is 0.328 e. The van der Waals surface area contributed by atoms with Crippen molar-refractivity contribution in [2.45, 2.75) is 30.9 Å². The van der Waals surface area contributed by atoms with Crippen LogP contribution in [-0.4, -0.2) is 50.7 Å². The number of ether oxygens (including phenoxy) is 1. The number of H-pyrrole nitrogens is 1. The van der Waals surface area contributed by atoms with Crippen LogP contribution in [0.3, 0.4) is 0 Å². The summed E-state index contributed by atoms with van der Waals surface area (Å²) in [6.45, 7) is 0.00894. The van der Waals surface area contributed by atoms with E-state index < -0.39 is 35.6 Å². The van der Waals surface area contributed by atoms with Crippen LogP contribution in [0.15, 0.2) is 15.8 Å². The lowest BCUT2D eigenvalue weighted by Crippen LogP contribution is -2.57. The molecular weight excluding hydrogens is 313 g/mol. The second kappa shape index (κ2) is 6.70. The predicted octanol–water partition coefficient (Wildman–Crippen LogP) is -1.94. The molecule has 8 nitrogen and oxygen atoms in total. The van der Waals surface area contributed by atoms with Crippen molar-refractivity contribution in [1.82, 2.24) is 9.55 Å². The topological polar surface area (TPSA) is 131 Å². The molecule has 0 saturated carbocycles. The average Bonchev–Trinajstić information content (AvgIpc) is 2.36. The Balaban J connectivity index is 0.00000200. The molecule has 20 heavy (non-hydrogen) atoms. The Bertz CT molecular complexity index is 575. The van der Waals surface area contributed by atoms with E-state index in [0.717, 1.165) is 10.8 Å². The fourth-order valence-electron chi connectivity index (χ4n) is 1.88. The lowest BCUT2D eigenvalue weighted by Gasteiger charge is -2.36. The molecule has 4 atom stereocenters. The second-order valence-electron chi connectivity index (χ2n) is 4.41. The highest BCUT2D eigenvalue weighted by atomic mass is 35.5. The molecule has 1 saturated heterocycles. The van der Waals surface area contributed by atoms with Gasteiger partial charge in [0.2, 0.25) is 0 Å². The van der Waals surface area contributed by atoms with E-state index in [1.807, 2.05) is 4.98 Å². The molecule has 2 rings (SSSR count). The van der Waals surface area contributed by atoms with Gasteiger partial charge in [-0.1, -0.05) is 11.6 Å². The van der Waals surface area contributed by atoms with Gasteiger partial charge in [0.05, 0.1) is 25.3 Å². The number of nitrogens with one attached hydrogen (secondary N) is 1. The first-order valence-corrected chi connectivity index (χ1v) is 6.00. The van der Waals surface area contributed by atoms with Crippen molar-refractivity contribution in [3.8, 4) is 0 Å². The number of aliphatic hydroxyl groups excluding tert-OH is 2. The van der Waals surface area contributed by atoms with Crippen LogP contribution in [0, 0.1) is 0 Å². The number of nitrogens with two attached hydrogens (primary N) is 1. The van der Waals surface area contributed by atoms with Crippen LogP contribution in [0.1, 0.15) is 0 Å². The van der Waals surface area contributed by atoms with Gasteiger partial charge in [-0.3, -0.25) is 14.3 Å². The van der Waals surface area contributed by atoms with E-state index in [9.17, 15) is 19.8 Å². The molecule has 0 bridgehead atoms. The number of aliphatic hydroxyl groups is 2. The van der Waals surface area contributed by atoms with Crippen LogP contribution in [0.2, 0.25) is 5.02 Å². The summed E-state index contributed by atoms with van der Waals surface area (Å²) in [5, 5.41) is 19.3. The lowest BCUT2D eigenvalue weighted by atomic mass is 9.99. The molecular formula is C10H15Cl2N3O5. The van der Waals surface area contributed by atoms with Crippen molar-refractivity contribution in [2.24, 2.45) is 5.73 Å². The molecule has 2 heterocycles. The first-order chi connectivity index (χ1) is 8.90. The monoisotopic (exact) mass is 327 g/mol. The van der Waals surface area contributed by atoms with Gasteiger partial charge in [0.25, 0.3) is 5.56 Å². The zero-order valence-electron chi connectivity index (χ0n) is 10.2. The maximum atomic E-state index is 11.5. The Labute approximate surface area is 124 Å². The summed E-state index contributed by atoms with van der Waals surface area (Å²) < 4.78 is 6.37. The Morgan fingerprint density at radius 1 is 1.45 bits per heavy atom. The van der Waals surface area contributed by atoms with Gasteiger partial charge in [0, 0.05) is 6.20 Å². The molecule has 114 valence electrons. The molecule has 0 aliphatic carbocycles. The average molecular weight is 328 g/mol. The van der Waals surface area contributed by atoms with Crippen LogP contribution >= 0.6 is 24.0 Å². The number of nitrogens with zero attached hydrogens (tertiary/aromatic N) is 1. The predicted molar refractivity (Wildman–Crippen MR) is 73.3 cm³/mol. The molecule has 0 aromatic carbocycles. The van der Waals surface area contributed by atoms with Crippen molar-refractivity contribution < 1.29 is 14.9 Å². The minimum atomic E-state index is -1.22. The van der Waals surface area contributed by atoms with Crippen molar-refractivity contribution in [3.05, 3.63) is 32.1 Å². The molecule has 0 radical (unpaired) electrons. The largest absolute Gasteiger partial charge is 0.389 e. The standard InChI is InChI=1S/C10H14ClN3O5.ClH/c11-4-1-14(10(18)13-9(4)17)2-6-8(16)7(15)5(12)3-19-6;/h1,5-8,15-16H,2-3,12H2,(H,13,17,18);1H/t5-,6-,7+,8-;/m1./s1. The Morgan fingerprint density at radius 2 is 2.10 bits per heavy atom. The third-order valence-electron chi connectivity index (χ3n) is 3.02. The summed E-state index contributed by atoms with van der Waals surface area (Å²) in [7, 11) is 0. The number of halogens is 2. The third-order valence-corrected chi connectivity index (χ3v) is 3.29. The summed E-state index contributed by atoms with van der Waals surface area (Å²) in [5.74, 6) is 0. The van der Waals surface area contributed by atoms with Gasteiger partial charge in [-0.15, -0.1) is 12.4 Å². The van der Waals surface area contributed by atoms with Gasteiger partial charge in [0.1, 0.15) is 17.2 Å². The first-order valence-electron chi connectivity index (χ1n) is 5.62. The second-order valence-corrected chi connectivity index (χ2v) is 4.81. The van der Waals surface area contributed by atoms with E-state index in [4.69, 9.17) is 22.1 Å². The van der Waals surface area contributed by atoms with Crippen molar-refractivity contribution in [2.75, 3.05) is 6.61 Å². The molecule has 0 unspecified atom stereocenters. The molecule has 10 heteroatoms. The number of aromatic amines is 1. The van der Waals surface area contributed by atoms with Crippen LogP contribution in [-0.2, 0) is 11.3 Å². The quantitative estimate of drug-likeness (QED) is 0.500. The number of rotatable bonds is 2. The third kappa shape index (κ3) is 3.40. The Hall–Kier alpha value is -0.900. The summed E-state index contributed by atoms with van der Waals surface area (Å²) in [4.78, 5) is 24.7. The number of hydrogen-bond donors (Lipinski definition) is 4. The first kappa shape index (κ1) is 17.2. The zero-order valence-corrected chi connectivity index (χ0v) is 11.8. The van der Waals surface area contributed by atoms with E-state index in [1.54, 1.807) is 0 Å². The van der Waals surface area contributed by atoms with E-state index in [2.05, 4.69) is 0 Å². The highest BCUT2D eigenvalue weighted by Gasteiger charge is 2.36. The van der Waals surface area contributed by atoms with Crippen LogP contribution in [0.5, 0.6) is 0 Å². The molecule has 1 aliphatic rings. The van der Waals surface area contributed by atoms with E-state index >= 15 is 0 Å². The molecule has 1 aromatic rings. The van der Waals surface area contributed by atoms with Gasteiger partial charge in [-0.2, -0.15) is 0 Å². The molecule has 1 fully saturated rings. The molecule has 0 spiro atoms. The summed E-state index contributed by atoms with van der Waals surface area (Å²) in [6.07, 6.45) is -2.01. The van der Waals surface area contributed by atoms with E-state index in [1.165, 1.54) is 0 Å². The van der Waals surface area contributed by atoms with Gasteiger partial charge in [-0.05, 0) is 0 Å². The SMILES string of the molecule is Cl.N[C@@H]1CO[C@H](Cn2cc(Cl)c(=O)[nH]c2=O)[C@@H](O)[C@H]1O. The zero-order chi connectivity index (χ0) is 14.2. The summed E-state index contributed by atoms with van der Waals surface area (Å²) in [6, 6.07) is -0.679. The molecule has 5 N–H and O–H groups in total. The van der Waals surface area contributed by atoms with E-state index in [-0.39, 0.29) is 30.6 Å². The van der Waals surface area contributed by atoms with Crippen LogP contribution < -0.4 is 17.0 Å². The Morgan fingerprint density at radius 3 is 2.75 bits per heavy atom. The normalized spacial score (nSPS) is 29.8. The van der Waals surface area contributed by atoms with Crippen molar-refractivity contribution >= 4 is 24.0 Å². The molecule has 0 amide bonds. The van der Waals surface area contributed by atoms with Gasteiger partial charge >= 0.3 is 5.69 Å². The molecule has 1 aromatic heterocycles. The van der Waals surface area contributed by atoms with Crippen LogP contribution in [0.25, 0.3) is 0 Å². The summed E-state index contributed by atoms with van der Waals surface area (Å²) in [5.41, 5.74) is 4.17. The van der Waals surface area contributed by atoms with Crippen molar-refractivity contribution in [1.29, 1.82) is 0 Å². The van der Waals surface area contributed by atoms with Gasteiger partial charge < -0.3 is 20.7 Å².